The van der Waals surface area contributed by atoms with Gasteiger partial charge in [-0.05, 0) is 19.4 Å². The van der Waals surface area contributed by atoms with E-state index in [0.29, 0.717) is 5.60 Å². The number of nitrogens with zero attached hydrogens (tertiary/aromatic N) is 1. The van der Waals surface area contributed by atoms with E-state index >= 15 is 0 Å². The second-order valence-electron chi connectivity index (χ2n) is 3.40. The Morgan fingerprint density at radius 3 is 2.90 bits per heavy atom. The molecule has 58 valence electrons. The first-order chi connectivity index (χ1) is 4.85. The molecule has 2 heteroatoms. The number of morpholine rings is 1. The summed E-state index contributed by atoms with van der Waals surface area (Å²) in [4.78, 5) is 2.48. The summed E-state index contributed by atoms with van der Waals surface area (Å²) in [6, 6.07) is 0. The minimum atomic E-state index is 0.328. The van der Waals surface area contributed by atoms with Gasteiger partial charge in [-0.3, -0.25) is 4.90 Å². The molecule has 1 saturated heterocycles. The summed E-state index contributed by atoms with van der Waals surface area (Å²) in [6.45, 7) is 6.68. The van der Waals surface area contributed by atoms with Crippen molar-refractivity contribution in [3.8, 4) is 0 Å². The van der Waals surface area contributed by atoms with Crippen LogP contribution in [0.15, 0.2) is 0 Å². The topological polar surface area (TPSA) is 12.5 Å². The fraction of sp³-hybridized carbons (Fsp3) is 1.00. The van der Waals surface area contributed by atoms with Gasteiger partial charge >= 0.3 is 0 Å². The van der Waals surface area contributed by atoms with Crippen LogP contribution in [0.3, 0.4) is 0 Å². The molecule has 2 rings (SSSR count). The third-order valence-corrected chi connectivity index (χ3v) is 2.58. The molecule has 0 atom stereocenters. The van der Waals surface area contributed by atoms with Crippen molar-refractivity contribution in [3.05, 3.63) is 0 Å². The zero-order chi connectivity index (χ0) is 7.03. The van der Waals surface area contributed by atoms with Gasteiger partial charge in [-0.25, -0.2) is 0 Å². The Labute approximate surface area is 62.2 Å². The maximum Gasteiger partial charge on any atom is 0.0811 e. The minimum absolute atomic E-state index is 0.328. The van der Waals surface area contributed by atoms with E-state index in [1.807, 2.05) is 0 Å². The van der Waals surface area contributed by atoms with Crippen molar-refractivity contribution in [3.63, 3.8) is 0 Å². The SMILES string of the molecule is CCN1CCOC2(CC2)C1. The minimum Gasteiger partial charge on any atom is -0.372 e. The standard InChI is InChI=1S/C8H15NO/c1-2-9-5-6-10-8(7-9)3-4-8/h2-7H2,1H3. The van der Waals surface area contributed by atoms with E-state index in [0.717, 1.165) is 13.2 Å². The lowest BCUT2D eigenvalue weighted by Crippen LogP contribution is -2.43. The lowest BCUT2D eigenvalue weighted by Gasteiger charge is -2.32. The van der Waals surface area contributed by atoms with Gasteiger partial charge in [-0.1, -0.05) is 6.92 Å². The Morgan fingerprint density at radius 1 is 1.50 bits per heavy atom. The van der Waals surface area contributed by atoms with Gasteiger partial charge in [-0.15, -0.1) is 0 Å². The molecule has 2 aliphatic rings. The quantitative estimate of drug-likeness (QED) is 0.537. The molecule has 0 unspecified atom stereocenters. The third-order valence-electron chi connectivity index (χ3n) is 2.58. The number of ether oxygens (including phenoxy) is 1. The molecular formula is C8H15NO. The van der Waals surface area contributed by atoms with Crippen LogP contribution in [0.25, 0.3) is 0 Å². The Hall–Kier alpha value is -0.0800. The maximum absolute atomic E-state index is 5.67. The van der Waals surface area contributed by atoms with Gasteiger partial charge in [0.15, 0.2) is 0 Å². The van der Waals surface area contributed by atoms with E-state index in [9.17, 15) is 0 Å². The highest BCUT2D eigenvalue weighted by Gasteiger charge is 2.46. The van der Waals surface area contributed by atoms with Crippen molar-refractivity contribution < 1.29 is 4.74 Å². The van der Waals surface area contributed by atoms with E-state index in [-0.39, 0.29) is 0 Å². The first kappa shape index (κ1) is 6.62. The Kier molecular flexibility index (Phi) is 1.46. The second kappa shape index (κ2) is 2.21. The average molecular weight is 141 g/mol. The normalized spacial score (nSPS) is 30.9. The molecule has 2 nitrogen and oxygen atoms in total. The van der Waals surface area contributed by atoms with Crippen LogP contribution in [0.4, 0.5) is 0 Å². The summed E-state index contributed by atoms with van der Waals surface area (Å²) >= 11 is 0. The van der Waals surface area contributed by atoms with E-state index in [4.69, 9.17) is 4.74 Å². The summed E-state index contributed by atoms with van der Waals surface area (Å²) in [6.07, 6.45) is 2.59. The molecule has 0 aromatic heterocycles. The van der Waals surface area contributed by atoms with Crippen LogP contribution >= 0.6 is 0 Å². The molecule has 0 radical (unpaired) electrons. The molecule has 2 fully saturated rings. The first-order valence-electron chi connectivity index (χ1n) is 4.21. The van der Waals surface area contributed by atoms with Crippen molar-refractivity contribution in [2.45, 2.75) is 25.4 Å². The number of hydrogen-bond donors (Lipinski definition) is 0. The van der Waals surface area contributed by atoms with Gasteiger partial charge in [0, 0.05) is 13.1 Å². The van der Waals surface area contributed by atoms with Gasteiger partial charge in [-0.2, -0.15) is 0 Å². The average Bonchev–Trinajstić information content (AvgIpc) is 2.70. The van der Waals surface area contributed by atoms with Crippen molar-refractivity contribution in [1.29, 1.82) is 0 Å². The highest BCUT2D eigenvalue weighted by Crippen LogP contribution is 2.41. The van der Waals surface area contributed by atoms with E-state index < -0.39 is 0 Å². The molecule has 1 aliphatic heterocycles. The van der Waals surface area contributed by atoms with Crippen LogP contribution in [0.2, 0.25) is 0 Å². The van der Waals surface area contributed by atoms with Crippen LogP contribution < -0.4 is 0 Å². The van der Waals surface area contributed by atoms with Crippen LogP contribution in [0, 0.1) is 0 Å². The molecule has 0 N–H and O–H groups in total. The van der Waals surface area contributed by atoms with Crippen LogP contribution in [-0.2, 0) is 4.74 Å². The molecule has 0 aromatic carbocycles. The number of hydrogen-bond acceptors (Lipinski definition) is 2. The van der Waals surface area contributed by atoms with Crippen LogP contribution in [0.1, 0.15) is 19.8 Å². The van der Waals surface area contributed by atoms with Gasteiger partial charge in [0.05, 0.1) is 12.2 Å². The van der Waals surface area contributed by atoms with Gasteiger partial charge < -0.3 is 4.74 Å². The fourth-order valence-corrected chi connectivity index (χ4v) is 1.64. The molecule has 1 aliphatic carbocycles. The molecule has 0 aromatic rings. The second-order valence-corrected chi connectivity index (χ2v) is 3.40. The molecule has 0 amide bonds. The van der Waals surface area contributed by atoms with Crippen molar-refractivity contribution in [1.82, 2.24) is 4.90 Å². The largest absolute Gasteiger partial charge is 0.372 e. The molecular weight excluding hydrogens is 126 g/mol. The summed E-state index contributed by atoms with van der Waals surface area (Å²) in [5, 5.41) is 0. The maximum atomic E-state index is 5.67. The highest BCUT2D eigenvalue weighted by molar-refractivity contribution is 5.00. The van der Waals surface area contributed by atoms with Crippen molar-refractivity contribution >= 4 is 0 Å². The Balaban J connectivity index is 1.91. The number of rotatable bonds is 1. The summed E-state index contributed by atoms with van der Waals surface area (Å²) < 4.78 is 5.67. The fourth-order valence-electron chi connectivity index (χ4n) is 1.64. The Bertz CT molecular complexity index is 131. The number of likely N-dealkylation sites (N-methyl/N-ethyl adjacent to an activating group) is 1. The van der Waals surface area contributed by atoms with Gasteiger partial charge in [0.25, 0.3) is 0 Å². The molecule has 10 heavy (non-hydrogen) atoms. The molecule has 1 saturated carbocycles. The molecule has 0 bridgehead atoms. The van der Waals surface area contributed by atoms with Gasteiger partial charge in [0.2, 0.25) is 0 Å². The summed E-state index contributed by atoms with van der Waals surface area (Å²) in [7, 11) is 0. The zero-order valence-corrected chi connectivity index (χ0v) is 6.60. The van der Waals surface area contributed by atoms with Crippen LogP contribution in [0.5, 0.6) is 0 Å². The van der Waals surface area contributed by atoms with Crippen molar-refractivity contribution in [2.75, 3.05) is 26.2 Å². The van der Waals surface area contributed by atoms with E-state index in [1.54, 1.807) is 0 Å². The van der Waals surface area contributed by atoms with Crippen molar-refractivity contribution in [2.24, 2.45) is 0 Å². The molecule has 1 spiro atoms. The first-order valence-corrected chi connectivity index (χ1v) is 4.21. The van der Waals surface area contributed by atoms with Crippen LogP contribution in [-0.4, -0.2) is 36.7 Å². The predicted molar refractivity (Wildman–Crippen MR) is 40.0 cm³/mol. The third kappa shape index (κ3) is 1.06. The van der Waals surface area contributed by atoms with E-state index in [2.05, 4.69) is 11.8 Å². The monoisotopic (exact) mass is 141 g/mol. The predicted octanol–water partition coefficient (Wildman–Crippen LogP) is 0.871. The lowest BCUT2D eigenvalue weighted by molar-refractivity contribution is -0.0442. The van der Waals surface area contributed by atoms with E-state index in [1.165, 1.54) is 25.9 Å². The highest BCUT2D eigenvalue weighted by atomic mass is 16.5. The lowest BCUT2D eigenvalue weighted by atomic mass is 10.2. The zero-order valence-electron chi connectivity index (χ0n) is 6.60. The molecule has 1 heterocycles. The summed E-state index contributed by atoms with van der Waals surface area (Å²) in [5.41, 5.74) is 0.328. The summed E-state index contributed by atoms with van der Waals surface area (Å²) in [5.74, 6) is 0. The Morgan fingerprint density at radius 2 is 2.30 bits per heavy atom. The van der Waals surface area contributed by atoms with Gasteiger partial charge in [0.1, 0.15) is 0 Å². The smallest absolute Gasteiger partial charge is 0.0811 e.